The van der Waals surface area contributed by atoms with Crippen LogP contribution in [0.15, 0.2) is 18.2 Å². The van der Waals surface area contributed by atoms with Gasteiger partial charge in [0.05, 0.1) is 17.3 Å². The van der Waals surface area contributed by atoms with Gasteiger partial charge in [0.25, 0.3) is 0 Å². The molecule has 4 nitrogen and oxygen atoms in total. The Morgan fingerprint density at radius 1 is 1.38 bits per heavy atom. The van der Waals surface area contributed by atoms with E-state index in [4.69, 9.17) is 4.74 Å². The first-order valence-corrected chi connectivity index (χ1v) is 8.51. The molecule has 1 aromatic heterocycles. The molecule has 0 atom stereocenters. The normalized spacial score (nSPS) is 17.2. The second-order valence-corrected chi connectivity index (χ2v) is 6.64. The molecular formula is C16H23N3OS. The van der Waals surface area contributed by atoms with Gasteiger partial charge in [0.2, 0.25) is 0 Å². The van der Waals surface area contributed by atoms with E-state index < -0.39 is 0 Å². The summed E-state index contributed by atoms with van der Waals surface area (Å²) in [6, 6.07) is 6.04. The van der Waals surface area contributed by atoms with Crippen molar-refractivity contribution in [3.05, 3.63) is 18.2 Å². The molecule has 114 valence electrons. The molecule has 3 rings (SSSR count). The van der Waals surface area contributed by atoms with E-state index in [0.717, 1.165) is 28.9 Å². The van der Waals surface area contributed by atoms with E-state index in [0.29, 0.717) is 0 Å². The zero-order valence-electron chi connectivity index (χ0n) is 12.8. The lowest BCUT2D eigenvalue weighted by atomic mass is 9.97. The number of thiazole rings is 1. The van der Waals surface area contributed by atoms with Crippen LogP contribution in [-0.2, 0) is 0 Å². The third-order valence-corrected chi connectivity index (χ3v) is 5.27. The highest BCUT2D eigenvalue weighted by Crippen LogP contribution is 2.29. The van der Waals surface area contributed by atoms with Gasteiger partial charge in [-0.1, -0.05) is 18.3 Å². The lowest BCUT2D eigenvalue weighted by Gasteiger charge is -2.30. The van der Waals surface area contributed by atoms with Crippen LogP contribution in [0.5, 0.6) is 5.75 Å². The Hall–Kier alpha value is -1.33. The summed E-state index contributed by atoms with van der Waals surface area (Å²) in [6.45, 7) is 6.93. The van der Waals surface area contributed by atoms with Gasteiger partial charge < -0.3 is 15.0 Å². The first-order chi connectivity index (χ1) is 10.3. The van der Waals surface area contributed by atoms with Gasteiger partial charge in [-0.2, -0.15) is 0 Å². The molecule has 0 saturated carbocycles. The SMILES string of the molecule is CCN1CCC(CNc2nc3ccc(OC)cc3s2)CC1. The van der Waals surface area contributed by atoms with Gasteiger partial charge in [0, 0.05) is 6.54 Å². The molecule has 1 aliphatic rings. The maximum atomic E-state index is 5.26. The maximum Gasteiger partial charge on any atom is 0.183 e. The number of piperidine rings is 1. The minimum absolute atomic E-state index is 0.773. The van der Waals surface area contributed by atoms with E-state index in [-0.39, 0.29) is 0 Å². The van der Waals surface area contributed by atoms with E-state index in [1.54, 1.807) is 18.4 Å². The Morgan fingerprint density at radius 2 is 2.19 bits per heavy atom. The zero-order chi connectivity index (χ0) is 14.7. The Labute approximate surface area is 130 Å². The van der Waals surface area contributed by atoms with Gasteiger partial charge >= 0.3 is 0 Å². The average molecular weight is 305 g/mol. The Balaban J connectivity index is 1.58. The molecule has 1 fully saturated rings. The fraction of sp³-hybridized carbons (Fsp3) is 0.562. The highest BCUT2D eigenvalue weighted by molar-refractivity contribution is 7.22. The molecule has 0 amide bonds. The van der Waals surface area contributed by atoms with Gasteiger partial charge in [0.15, 0.2) is 5.13 Å². The van der Waals surface area contributed by atoms with E-state index in [9.17, 15) is 0 Å². The number of nitrogens with zero attached hydrogens (tertiary/aromatic N) is 2. The summed E-state index contributed by atoms with van der Waals surface area (Å²) in [6.07, 6.45) is 2.58. The van der Waals surface area contributed by atoms with Crippen molar-refractivity contribution in [1.82, 2.24) is 9.88 Å². The van der Waals surface area contributed by atoms with Crippen LogP contribution in [0.4, 0.5) is 5.13 Å². The van der Waals surface area contributed by atoms with Crippen LogP contribution in [0.3, 0.4) is 0 Å². The molecule has 1 aliphatic heterocycles. The van der Waals surface area contributed by atoms with Crippen LogP contribution in [0.25, 0.3) is 10.2 Å². The predicted octanol–water partition coefficient (Wildman–Crippen LogP) is 3.45. The van der Waals surface area contributed by atoms with Crippen molar-refractivity contribution in [2.75, 3.05) is 38.6 Å². The van der Waals surface area contributed by atoms with Crippen molar-refractivity contribution >= 4 is 26.7 Å². The molecule has 1 aromatic carbocycles. The summed E-state index contributed by atoms with van der Waals surface area (Å²) < 4.78 is 6.44. The van der Waals surface area contributed by atoms with Crippen molar-refractivity contribution in [3.8, 4) is 5.75 Å². The molecule has 0 spiro atoms. The first kappa shape index (κ1) is 14.6. The fourth-order valence-electron chi connectivity index (χ4n) is 2.85. The maximum absolute atomic E-state index is 5.26. The summed E-state index contributed by atoms with van der Waals surface area (Å²) in [4.78, 5) is 7.17. The van der Waals surface area contributed by atoms with Crippen LogP contribution in [0.1, 0.15) is 19.8 Å². The number of nitrogens with one attached hydrogen (secondary N) is 1. The largest absolute Gasteiger partial charge is 0.497 e. The molecule has 0 unspecified atom stereocenters. The minimum Gasteiger partial charge on any atom is -0.497 e. The highest BCUT2D eigenvalue weighted by Gasteiger charge is 2.18. The molecule has 1 saturated heterocycles. The van der Waals surface area contributed by atoms with Crippen molar-refractivity contribution in [2.45, 2.75) is 19.8 Å². The number of rotatable bonds is 5. The molecule has 1 N–H and O–H groups in total. The number of fused-ring (bicyclic) bond motifs is 1. The molecule has 0 bridgehead atoms. The number of methoxy groups -OCH3 is 1. The monoisotopic (exact) mass is 305 g/mol. The van der Waals surface area contributed by atoms with E-state index >= 15 is 0 Å². The van der Waals surface area contributed by atoms with Crippen LogP contribution in [-0.4, -0.2) is 43.2 Å². The van der Waals surface area contributed by atoms with Crippen molar-refractivity contribution in [2.24, 2.45) is 5.92 Å². The number of anilines is 1. The molecule has 0 aliphatic carbocycles. The molecule has 2 heterocycles. The highest BCUT2D eigenvalue weighted by atomic mass is 32.1. The topological polar surface area (TPSA) is 37.4 Å². The van der Waals surface area contributed by atoms with Crippen LogP contribution < -0.4 is 10.1 Å². The first-order valence-electron chi connectivity index (χ1n) is 7.69. The third kappa shape index (κ3) is 3.47. The second-order valence-electron chi connectivity index (χ2n) is 5.61. The lowest BCUT2D eigenvalue weighted by Crippen LogP contribution is -2.35. The van der Waals surface area contributed by atoms with Gasteiger partial charge in [-0.25, -0.2) is 4.98 Å². The number of hydrogen-bond donors (Lipinski definition) is 1. The number of benzene rings is 1. The molecular weight excluding hydrogens is 282 g/mol. The summed E-state index contributed by atoms with van der Waals surface area (Å²) >= 11 is 1.71. The van der Waals surface area contributed by atoms with Crippen molar-refractivity contribution in [1.29, 1.82) is 0 Å². The summed E-state index contributed by atoms with van der Waals surface area (Å²) in [5.74, 6) is 1.67. The summed E-state index contributed by atoms with van der Waals surface area (Å²) in [5.41, 5.74) is 1.05. The van der Waals surface area contributed by atoms with Crippen molar-refractivity contribution < 1.29 is 4.74 Å². The Kier molecular flexibility index (Phi) is 4.60. The smallest absolute Gasteiger partial charge is 0.183 e. The summed E-state index contributed by atoms with van der Waals surface area (Å²) in [7, 11) is 1.70. The standard InChI is InChI=1S/C16H23N3OS/c1-3-19-8-6-12(7-9-19)11-17-16-18-14-5-4-13(20-2)10-15(14)21-16/h4-5,10,12H,3,6-9,11H2,1-2H3,(H,17,18). The Bertz CT molecular complexity index is 590. The summed E-state index contributed by atoms with van der Waals surface area (Å²) in [5, 5.41) is 4.55. The Morgan fingerprint density at radius 3 is 2.90 bits per heavy atom. The number of hydrogen-bond acceptors (Lipinski definition) is 5. The molecule has 21 heavy (non-hydrogen) atoms. The third-order valence-electron chi connectivity index (χ3n) is 4.29. The van der Waals surface area contributed by atoms with Crippen LogP contribution in [0, 0.1) is 5.92 Å². The predicted molar refractivity (Wildman–Crippen MR) is 89.5 cm³/mol. The number of ether oxygens (including phenoxy) is 1. The number of likely N-dealkylation sites (tertiary alicyclic amines) is 1. The second kappa shape index (κ2) is 6.62. The fourth-order valence-corrected chi connectivity index (χ4v) is 3.75. The quantitative estimate of drug-likeness (QED) is 0.918. The van der Waals surface area contributed by atoms with Gasteiger partial charge in [0.1, 0.15) is 5.75 Å². The number of aromatic nitrogens is 1. The molecule has 0 radical (unpaired) electrons. The lowest BCUT2D eigenvalue weighted by molar-refractivity contribution is 0.198. The minimum atomic E-state index is 0.773. The van der Waals surface area contributed by atoms with Crippen LogP contribution >= 0.6 is 11.3 Å². The van der Waals surface area contributed by atoms with E-state index in [2.05, 4.69) is 28.2 Å². The van der Waals surface area contributed by atoms with Crippen LogP contribution in [0.2, 0.25) is 0 Å². The van der Waals surface area contributed by atoms with Crippen molar-refractivity contribution in [3.63, 3.8) is 0 Å². The van der Waals surface area contributed by atoms with Gasteiger partial charge in [-0.05, 0) is 56.6 Å². The zero-order valence-corrected chi connectivity index (χ0v) is 13.6. The average Bonchev–Trinajstić information content (AvgIpc) is 2.95. The van der Waals surface area contributed by atoms with E-state index in [1.165, 1.54) is 37.2 Å². The molecule has 2 aromatic rings. The van der Waals surface area contributed by atoms with Gasteiger partial charge in [-0.15, -0.1) is 0 Å². The van der Waals surface area contributed by atoms with E-state index in [1.807, 2.05) is 12.1 Å². The molecule has 5 heteroatoms. The van der Waals surface area contributed by atoms with Gasteiger partial charge in [-0.3, -0.25) is 0 Å².